The average Bonchev–Trinajstić information content (AvgIpc) is 3.36. The van der Waals surface area contributed by atoms with Crippen molar-refractivity contribution < 1.29 is 18.0 Å². The molecular formula is C21H17F3N6O. The van der Waals surface area contributed by atoms with E-state index in [4.69, 9.17) is 0 Å². The second kappa shape index (κ2) is 6.93. The number of rotatable bonds is 2. The molecule has 0 fully saturated rings. The number of hydrogen-bond donors (Lipinski definition) is 0. The summed E-state index contributed by atoms with van der Waals surface area (Å²) >= 11 is 0. The number of pyridine rings is 1. The molecule has 0 radical (unpaired) electrons. The molecule has 158 valence electrons. The van der Waals surface area contributed by atoms with Crippen LogP contribution in [0.5, 0.6) is 0 Å². The SMILES string of the molecule is Cn1nc2c(c1-c1cnn(C(F)(F)F)c1)CCN(C(=O)c1ccc3ncccc3c1)C2. The first-order chi connectivity index (χ1) is 14.8. The fourth-order valence-corrected chi connectivity index (χ4v) is 4.03. The molecule has 0 bridgehead atoms. The number of benzene rings is 1. The van der Waals surface area contributed by atoms with Crippen LogP contribution in [0.25, 0.3) is 22.2 Å². The molecule has 0 N–H and O–H groups in total. The number of aromatic nitrogens is 5. The molecule has 7 nitrogen and oxygen atoms in total. The summed E-state index contributed by atoms with van der Waals surface area (Å²) in [5, 5.41) is 8.77. The van der Waals surface area contributed by atoms with Crippen molar-refractivity contribution in [3.63, 3.8) is 0 Å². The van der Waals surface area contributed by atoms with Gasteiger partial charge in [0.15, 0.2) is 0 Å². The Bertz CT molecular complexity index is 1310. The van der Waals surface area contributed by atoms with Gasteiger partial charge < -0.3 is 4.90 Å². The summed E-state index contributed by atoms with van der Waals surface area (Å²) in [6.07, 6.45) is -0.234. The molecule has 0 saturated carbocycles. The van der Waals surface area contributed by atoms with Crippen LogP contribution in [-0.4, -0.2) is 41.9 Å². The van der Waals surface area contributed by atoms with Gasteiger partial charge in [0.25, 0.3) is 5.91 Å². The molecule has 1 aliphatic heterocycles. The van der Waals surface area contributed by atoms with Crippen molar-refractivity contribution in [3.05, 3.63) is 65.7 Å². The molecule has 0 aliphatic carbocycles. The minimum Gasteiger partial charge on any atom is -0.332 e. The lowest BCUT2D eigenvalue weighted by atomic mass is 10.0. The van der Waals surface area contributed by atoms with Crippen molar-refractivity contribution in [3.8, 4) is 11.3 Å². The van der Waals surface area contributed by atoms with Crippen LogP contribution in [0.2, 0.25) is 0 Å². The van der Waals surface area contributed by atoms with Crippen LogP contribution >= 0.6 is 0 Å². The average molecular weight is 426 g/mol. The summed E-state index contributed by atoms with van der Waals surface area (Å²) < 4.78 is 40.3. The molecule has 3 aromatic heterocycles. The molecule has 4 aromatic rings. The zero-order chi connectivity index (χ0) is 21.8. The van der Waals surface area contributed by atoms with Gasteiger partial charge in [0.2, 0.25) is 0 Å². The summed E-state index contributed by atoms with van der Waals surface area (Å²) in [6.45, 7) is 0.740. The smallest absolute Gasteiger partial charge is 0.332 e. The third-order valence-corrected chi connectivity index (χ3v) is 5.45. The van der Waals surface area contributed by atoms with Crippen molar-refractivity contribution in [2.45, 2.75) is 19.3 Å². The Morgan fingerprint density at radius 2 is 2.03 bits per heavy atom. The molecule has 4 heterocycles. The fraction of sp³-hybridized carbons (Fsp3) is 0.238. The van der Waals surface area contributed by atoms with Crippen molar-refractivity contribution >= 4 is 16.8 Å². The summed E-state index contributed by atoms with van der Waals surface area (Å²) in [5.74, 6) is -0.117. The molecule has 31 heavy (non-hydrogen) atoms. The topological polar surface area (TPSA) is 68.8 Å². The molecule has 0 atom stereocenters. The molecule has 1 amide bonds. The van der Waals surface area contributed by atoms with Gasteiger partial charge in [-0.2, -0.15) is 14.9 Å². The quantitative estimate of drug-likeness (QED) is 0.492. The Kier molecular flexibility index (Phi) is 4.31. The first-order valence-corrected chi connectivity index (χ1v) is 9.62. The van der Waals surface area contributed by atoms with Gasteiger partial charge >= 0.3 is 6.30 Å². The van der Waals surface area contributed by atoms with Crippen LogP contribution in [0.15, 0.2) is 48.9 Å². The summed E-state index contributed by atoms with van der Waals surface area (Å²) in [4.78, 5) is 19.0. The fourth-order valence-electron chi connectivity index (χ4n) is 4.03. The monoisotopic (exact) mass is 426 g/mol. The van der Waals surface area contributed by atoms with Crippen molar-refractivity contribution in [2.75, 3.05) is 6.54 Å². The van der Waals surface area contributed by atoms with Gasteiger partial charge in [-0.05, 0) is 30.7 Å². The molecule has 0 spiro atoms. The van der Waals surface area contributed by atoms with Crippen LogP contribution in [0.4, 0.5) is 13.2 Å². The predicted molar refractivity (Wildman–Crippen MR) is 106 cm³/mol. The summed E-state index contributed by atoms with van der Waals surface area (Å²) in [5.41, 5.74) is 3.83. The van der Waals surface area contributed by atoms with E-state index in [0.29, 0.717) is 42.0 Å². The molecule has 1 aliphatic rings. The molecule has 5 rings (SSSR count). The Morgan fingerprint density at radius 1 is 1.19 bits per heavy atom. The first-order valence-electron chi connectivity index (χ1n) is 9.62. The van der Waals surface area contributed by atoms with Crippen LogP contribution < -0.4 is 0 Å². The number of halogens is 3. The standard InChI is InChI=1S/C21H17F3N6O/c1-28-19(15-10-26-30(11-15)21(22,23)24)16-6-8-29(12-18(16)27-28)20(31)14-4-5-17-13(9-14)3-2-7-25-17/h2-5,7,9-11H,6,8,12H2,1H3. The van der Waals surface area contributed by atoms with Gasteiger partial charge in [0.1, 0.15) is 0 Å². The Morgan fingerprint density at radius 3 is 2.81 bits per heavy atom. The largest absolute Gasteiger partial charge is 0.504 e. The van der Waals surface area contributed by atoms with Gasteiger partial charge in [0, 0.05) is 48.1 Å². The molecule has 1 aromatic carbocycles. The van der Waals surface area contributed by atoms with E-state index >= 15 is 0 Å². The molecule has 0 unspecified atom stereocenters. The number of alkyl halides is 3. The zero-order valence-corrected chi connectivity index (χ0v) is 16.5. The maximum atomic E-state index is 13.1. The van der Waals surface area contributed by atoms with E-state index in [2.05, 4.69) is 15.2 Å². The normalized spacial score (nSPS) is 14.1. The zero-order valence-electron chi connectivity index (χ0n) is 16.5. The van der Waals surface area contributed by atoms with Gasteiger partial charge in [-0.1, -0.05) is 6.07 Å². The molecule has 10 heteroatoms. The highest BCUT2D eigenvalue weighted by atomic mass is 19.4. The van der Waals surface area contributed by atoms with Gasteiger partial charge in [-0.15, -0.1) is 13.2 Å². The third-order valence-electron chi connectivity index (χ3n) is 5.45. The highest BCUT2D eigenvalue weighted by Gasteiger charge is 2.33. The van der Waals surface area contributed by atoms with Crippen molar-refractivity contribution in [1.29, 1.82) is 0 Å². The molecular weight excluding hydrogens is 409 g/mol. The van der Waals surface area contributed by atoms with E-state index in [1.165, 1.54) is 6.20 Å². The highest BCUT2D eigenvalue weighted by molar-refractivity contribution is 5.98. The number of carbonyl (C=O) groups excluding carboxylic acids is 1. The van der Waals surface area contributed by atoms with Gasteiger partial charge in [-0.3, -0.25) is 14.5 Å². The summed E-state index contributed by atoms with van der Waals surface area (Å²) in [7, 11) is 1.68. The number of amides is 1. The van der Waals surface area contributed by atoms with E-state index in [9.17, 15) is 18.0 Å². The lowest BCUT2D eigenvalue weighted by molar-refractivity contribution is -0.212. The van der Waals surface area contributed by atoms with Gasteiger partial charge in [0.05, 0.1) is 29.6 Å². The molecule has 0 saturated heterocycles. The minimum absolute atomic E-state index is 0.0189. The van der Waals surface area contributed by atoms with Crippen molar-refractivity contribution in [2.24, 2.45) is 7.05 Å². The Hall–Kier alpha value is -3.69. The maximum Gasteiger partial charge on any atom is 0.504 e. The third kappa shape index (κ3) is 3.33. The number of hydrogen-bond acceptors (Lipinski definition) is 4. The van der Waals surface area contributed by atoms with Crippen molar-refractivity contribution in [1.82, 2.24) is 29.4 Å². The van der Waals surface area contributed by atoms with E-state index in [0.717, 1.165) is 22.7 Å². The predicted octanol–water partition coefficient (Wildman–Crippen LogP) is 3.51. The van der Waals surface area contributed by atoms with E-state index < -0.39 is 6.30 Å². The number of fused-ring (bicyclic) bond motifs is 2. The van der Waals surface area contributed by atoms with E-state index in [-0.39, 0.29) is 10.6 Å². The number of carbonyl (C=O) groups is 1. The van der Waals surface area contributed by atoms with Gasteiger partial charge in [-0.25, -0.2) is 0 Å². The van der Waals surface area contributed by atoms with E-state index in [1.54, 1.807) is 28.9 Å². The Balaban J connectivity index is 1.43. The second-order valence-corrected chi connectivity index (χ2v) is 7.43. The van der Waals surface area contributed by atoms with E-state index in [1.807, 2.05) is 24.3 Å². The second-order valence-electron chi connectivity index (χ2n) is 7.43. The Labute approximate surface area is 174 Å². The maximum absolute atomic E-state index is 13.1. The van der Waals surface area contributed by atoms with Crippen LogP contribution in [0.1, 0.15) is 21.6 Å². The van der Waals surface area contributed by atoms with Crippen LogP contribution in [0, 0.1) is 0 Å². The lowest BCUT2D eigenvalue weighted by Gasteiger charge is -2.26. The lowest BCUT2D eigenvalue weighted by Crippen LogP contribution is -2.36. The minimum atomic E-state index is -4.57. The highest BCUT2D eigenvalue weighted by Crippen LogP contribution is 2.32. The van der Waals surface area contributed by atoms with Crippen LogP contribution in [-0.2, 0) is 26.3 Å². The summed E-state index contributed by atoms with van der Waals surface area (Å²) in [6, 6.07) is 9.10. The number of nitrogens with zero attached hydrogens (tertiary/aromatic N) is 6. The van der Waals surface area contributed by atoms with Crippen LogP contribution in [0.3, 0.4) is 0 Å². The first kappa shape index (κ1) is 19.3. The number of aryl methyl sites for hydroxylation is 1.